The highest BCUT2D eigenvalue weighted by Crippen LogP contribution is 2.35. The minimum atomic E-state index is -2.99. The lowest BCUT2D eigenvalue weighted by Gasteiger charge is -2.26. The molecule has 0 spiro atoms. The number of hydrogen-bond acceptors (Lipinski definition) is 5. The summed E-state index contributed by atoms with van der Waals surface area (Å²) in [5, 5.41) is 0.967. The number of aliphatic imine (C=N–C) groups is 1. The number of anilines is 1. The lowest BCUT2D eigenvalue weighted by molar-refractivity contribution is 0.601. The first-order valence-electron chi connectivity index (χ1n) is 8.92. The van der Waals surface area contributed by atoms with Gasteiger partial charge in [-0.15, -0.1) is 0 Å². The van der Waals surface area contributed by atoms with E-state index in [1.54, 1.807) is 11.8 Å². The lowest BCUT2D eigenvalue weighted by Crippen LogP contribution is -2.39. The Labute approximate surface area is 159 Å². The summed E-state index contributed by atoms with van der Waals surface area (Å²) in [6.07, 6.45) is 2.12. The third-order valence-electron chi connectivity index (χ3n) is 4.83. The zero-order chi connectivity index (χ0) is 18.0. The number of para-hydroxylation sites is 1. The predicted octanol–water partition coefficient (Wildman–Crippen LogP) is 3.39. The molecule has 6 heteroatoms. The Kier molecular flexibility index (Phi) is 5.05. The van der Waals surface area contributed by atoms with Crippen LogP contribution in [0.5, 0.6) is 0 Å². The summed E-state index contributed by atoms with van der Waals surface area (Å²) in [5.41, 5.74) is 2.38. The van der Waals surface area contributed by atoms with E-state index in [2.05, 4.69) is 29.2 Å². The molecule has 0 amide bonds. The maximum atomic E-state index is 12.0. The van der Waals surface area contributed by atoms with E-state index in [9.17, 15) is 8.42 Å². The Bertz CT molecular complexity index is 883. The van der Waals surface area contributed by atoms with Crippen LogP contribution in [-0.2, 0) is 16.3 Å². The van der Waals surface area contributed by atoms with Crippen LogP contribution in [-0.4, -0.2) is 42.9 Å². The molecule has 0 aliphatic carbocycles. The Hall–Kier alpha value is -1.79. The molecule has 4 nitrogen and oxygen atoms in total. The second-order valence-electron chi connectivity index (χ2n) is 6.77. The molecule has 2 atom stereocenters. The maximum Gasteiger partial charge on any atom is 0.164 e. The molecule has 2 aliphatic rings. The van der Waals surface area contributed by atoms with Crippen molar-refractivity contribution in [3.8, 4) is 0 Å². The van der Waals surface area contributed by atoms with Gasteiger partial charge < -0.3 is 4.90 Å². The number of amidine groups is 1. The summed E-state index contributed by atoms with van der Waals surface area (Å²) in [6.45, 7) is 0. The number of nitrogens with zero attached hydrogens (tertiary/aromatic N) is 2. The topological polar surface area (TPSA) is 49.7 Å². The Balaban J connectivity index is 1.45. The molecule has 1 fully saturated rings. The lowest BCUT2D eigenvalue weighted by atomic mass is 10.1. The molecule has 0 saturated carbocycles. The fourth-order valence-electron chi connectivity index (χ4n) is 3.61. The Morgan fingerprint density at radius 1 is 1.00 bits per heavy atom. The standard InChI is InChI=1S/C20H22N2O2S2/c23-26(24)14-18-19(15-26)22(17-11-5-2-6-12-17)20(21-18)25-13-7-10-16-8-3-1-4-9-16/h1-6,8-9,11-12,18-19H,7,10,13-15H2. The maximum absolute atomic E-state index is 12.0. The van der Waals surface area contributed by atoms with Crippen molar-refractivity contribution >= 4 is 32.5 Å². The van der Waals surface area contributed by atoms with Crippen LogP contribution in [0.3, 0.4) is 0 Å². The summed E-state index contributed by atoms with van der Waals surface area (Å²) in [7, 11) is -2.99. The van der Waals surface area contributed by atoms with E-state index in [0.29, 0.717) is 0 Å². The van der Waals surface area contributed by atoms with Gasteiger partial charge in [0.05, 0.1) is 23.6 Å². The highest BCUT2D eigenvalue weighted by Gasteiger charge is 2.46. The molecule has 2 unspecified atom stereocenters. The molecular formula is C20H22N2O2S2. The van der Waals surface area contributed by atoms with Crippen LogP contribution >= 0.6 is 11.8 Å². The number of thioether (sulfide) groups is 1. The van der Waals surface area contributed by atoms with Crippen LogP contribution in [0.1, 0.15) is 12.0 Å². The highest BCUT2D eigenvalue weighted by atomic mass is 32.2. The van der Waals surface area contributed by atoms with Crippen molar-refractivity contribution in [1.29, 1.82) is 0 Å². The van der Waals surface area contributed by atoms with Gasteiger partial charge in [-0.25, -0.2) is 8.42 Å². The third kappa shape index (κ3) is 3.81. The fraction of sp³-hybridized carbons (Fsp3) is 0.350. The molecule has 1 saturated heterocycles. The zero-order valence-corrected chi connectivity index (χ0v) is 16.1. The van der Waals surface area contributed by atoms with E-state index in [-0.39, 0.29) is 23.6 Å². The van der Waals surface area contributed by atoms with Gasteiger partial charge in [0.15, 0.2) is 15.0 Å². The van der Waals surface area contributed by atoms with Crippen LogP contribution in [0, 0.1) is 0 Å². The molecule has 2 heterocycles. The van der Waals surface area contributed by atoms with Crippen LogP contribution in [0.4, 0.5) is 5.69 Å². The van der Waals surface area contributed by atoms with Gasteiger partial charge in [0.1, 0.15) is 0 Å². The molecule has 0 N–H and O–H groups in total. The van der Waals surface area contributed by atoms with Crippen LogP contribution in [0.25, 0.3) is 0 Å². The summed E-state index contributed by atoms with van der Waals surface area (Å²) >= 11 is 1.74. The Morgan fingerprint density at radius 3 is 2.42 bits per heavy atom. The van der Waals surface area contributed by atoms with Gasteiger partial charge in [-0.05, 0) is 30.5 Å². The van der Waals surface area contributed by atoms with Gasteiger partial charge in [0.2, 0.25) is 0 Å². The smallest absolute Gasteiger partial charge is 0.164 e. The highest BCUT2D eigenvalue weighted by molar-refractivity contribution is 8.14. The minimum absolute atomic E-state index is 0.0565. The number of benzene rings is 2. The first-order valence-corrected chi connectivity index (χ1v) is 11.7. The first kappa shape index (κ1) is 17.6. The molecule has 136 valence electrons. The summed E-state index contributed by atoms with van der Waals surface area (Å²) in [4.78, 5) is 6.92. The zero-order valence-electron chi connectivity index (χ0n) is 14.5. The van der Waals surface area contributed by atoms with Gasteiger partial charge >= 0.3 is 0 Å². The molecule has 26 heavy (non-hydrogen) atoms. The number of rotatable bonds is 5. The van der Waals surface area contributed by atoms with Crippen molar-refractivity contribution in [2.24, 2.45) is 4.99 Å². The summed E-state index contributed by atoms with van der Waals surface area (Å²) < 4.78 is 24.1. The van der Waals surface area contributed by atoms with Crippen LogP contribution in [0.15, 0.2) is 65.7 Å². The van der Waals surface area contributed by atoms with Crippen LogP contribution < -0.4 is 4.90 Å². The van der Waals surface area contributed by atoms with Crippen molar-refractivity contribution in [3.05, 3.63) is 66.2 Å². The quantitative estimate of drug-likeness (QED) is 0.739. The van der Waals surface area contributed by atoms with Gasteiger partial charge in [0.25, 0.3) is 0 Å². The molecule has 0 aromatic heterocycles. The van der Waals surface area contributed by atoms with Gasteiger partial charge in [-0.2, -0.15) is 0 Å². The van der Waals surface area contributed by atoms with Gasteiger partial charge in [-0.1, -0.05) is 60.3 Å². The average molecular weight is 387 g/mol. The number of aryl methyl sites for hydroxylation is 1. The van der Waals surface area contributed by atoms with Crippen molar-refractivity contribution in [1.82, 2.24) is 0 Å². The van der Waals surface area contributed by atoms with Crippen molar-refractivity contribution in [2.75, 3.05) is 22.2 Å². The molecular weight excluding hydrogens is 364 g/mol. The monoisotopic (exact) mass is 386 g/mol. The van der Waals surface area contributed by atoms with Crippen molar-refractivity contribution in [2.45, 2.75) is 24.9 Å². The molecule has 0 bridgehead atoms. The second kappa shape index (κ2) is 7.45. The number of hydrogen-bond donors (Lipinski definition) is 0. The first-order chi connectivity index (χ1) is 12.6. The second-order valence-corrected chi connectivity index (χ2v) is 9.98. The van der Waals surface area contributed by atoms with Crippen LogP contribution in [0.2, 0.25) is 0 Å². The molecule has 0 radical (unpaired) electrons. The SMILES string of the molecule is O=S1(=O)CC2N=C(SCCCc3ccccc3)N(c3ccccc3)C2C1. The normalized spacial score (nSPS) is 23.7. The molecule has 2 aliphatic heterocycles. The number of sulfone groups is 1. The third-order valence-corrected chi connectivity index (χ3v) is 7.58. The summed E-state index contributed by atoms with van der Waals surface area (Å²) in [5.74, 6) is 1.35. The van der Waals surface area contributed by atoms with E-state index < -0.39 is 9.84 Å². The molecule has 2 aromatic carbocycles. The number of fused-ring (bicyclic) bond motifs is 1. The summed E-state index contributed by atoms with van der Waals surface area (Å²) in [6, 6.07) is 20.3. The van der Waals surface area contributed by atoms with E-state index in [0.717, 1.165) is 29.4 Å². The fourth-order valence-corrected chi connectivity index (χ4v) is 6.51. The predicted molar refractivity (Wildman–Crippen MR) is 110 cm³/mol. The molecule has 2 aromatic rings. The van der Waals surface area contributed by atoms with E-state index in [1.807, 2.05) is 36.4 Å². The van der Waals surface area contributed by atoms with Crippen molar-refractivity contribution < 1.29 is 8.42 Å². The minimum Gasteiger partial charge on any atom is -0.315 e. The van der Waals surface area contributed by atoms with E-state index >= 15 is 0 Å². The molecule has 4 rings (SSSR count). The largest absolute Gasteiger partial charge is 0.315 e. The van der Waals surface area contributed by atoms with Gasteiger partial charge in [0, 0.05) is 11.4 Å². The van der Waals surface area contributed by atoms with Crippen molar-refractivity contribution in [3.63, 3.8) is 0 Å². The Morgan fingerprint density at radius 2 is 1.69 bits per heavy atom. The van der Waals surface area contributed by atoms with E-state index in [1.165, 1.54) is 5.56 Å². The van der Waals surface area contributed by atoms with Gasteiger partial charge in [-0.3, -0.25) is 4.99 Å². The average Bonchev–Trinajstić information content (AvgIpc) is 3.11. The van der Waals surface area contributed by atoms with E-state index in [4.69, 9.17) is 4.99 Å².